The third kappa shape index (κ3) is 3.57. The number of hydrogen-bond acceptors (Lipinski definition) is 0. The quantitative estimate of drug-likeness (QED) is 0.576. The first-order valence-electron chi connectivity index (χ1n) is 6.02. The summed E-state index contributed by atoms with van der Waals surface area (Å²) in [6.07, 6.45) is 10.2. The first-order chi connectivity index (χ1) is 6.88. The van der Waals surface area contributed by atoms with Crippen molar-refractivity contribution >= 4 is 0 Å². The van der Waals surface area contributed by atoms with E-state index in [1.54, 1.807) is 0 Å². The van der Waals surface area contributed by atoms with E-state index in [1.165, 1.54) is 44.3 Å². The van der Waals surface area contributed by atoms with Crippen molar-refractivity contribution in [3.05, 3.63) is 24.0 Å². The highest BCUT2D eigenvalue weighted by Crippen LogP contribution is 2.08. The molecule has 0 atom stereocenters. The summed E-state index contributed by atoms with van der Waals surface area (Å²) in [6, 6.07) is 4.39. The van der Waals surface area contributed by atoms with Crippen LogP contribution >= 0.6 is 0 Å². The second-order valence-electron chi connectivity index (χ2n) is 3.96. The number of unbranched alkanes of at least 4 members (excludes halogenated alkanes) is 4. The average molecular weight is 193 g/mol. The van der Waals surface area contributed by atoms with Gasteiger partial charge in [-0.05, 0) is 25.0 Å². The molecule has 1 aromatic rings. The van der Waals surface area contributed by atoms with Crippen molar-refractivity contribution in [3.63, 3.8) is 0 Å². The fourth-order valence-corrected chi connectivity index (χ4v) is 1.87. The Morgan fingerprint density at radius 1 is 1.07 bits per heavy atom. The third-order valence-corrected chi connectivity index (χ3v) is 2.79. The Labute approximate surface area is 88.1 Å². The second kappa shape index (κ2) is 6.69. The number of rotatable bonds is 7. The molecule has 14 heavy (non-hydrogen) atoms. The van der Waals surface area contributed by atoms with Crippen molar-refractivity contribution in [3.8, 4) is 0 Å². The molecule has 1 aromatic heterocycles. The average Bonchev–Trinajstić information content (AvgIpc) is 2.65. The molecule has 0 aliphatic heterocycles. The van der Waals surface area contributed by atoms with Gasteiger partial charge in [0.05, 0.1) is 0 Å². The molecule has 0 N–H and O–H groups in total. The lowest BCUT2D eigenvalue weighted by molar-refractivity contribution is 0.559. The maximum Gasteiger partial charge on any atom is 0.0222 e. The van der Waals surface area contributed by atoms with E-state index in [0.717, 1.165) is 6.42 Å². The Morgan fingerprint density at radius 3 is 2.57 bits per heavy atom. The minimum absolute atomic E-state index is 1.15. The summed E-state index contributed by atoms with van der Waals surface area (Å²) in [7, 11) is 0. The SMILES string of the molecule is CCCCCCCn1cccc1CC. The Morgan fingerprint density at radius 2 is 1.86 bits per heavy atom. The molecule has 0 unspecified atom stereocenters. The van der Waals surface area contributed by atoms with Crippen molar-refractivity contribution in [2.24, 2.45) is 0 Å². The summed E-state index contributed by atoms with van der Waals surface area (Å²) in [6.45, 7) is 5.70. The number of hydrogen-bond donors (Lipinski definition) is 0. The van der Waals surface area contributed by atoms with Crippen LogP contribution < -0.4 is 0 Å². The molecule has 0 amide bonds. The molecule has 0 saturated heterocycles. The van der Waals surface area contributed by atoms with E-state index >= 15 is 0 Å². The fourth-order valence-electron chi connectivity index (χ4n) is 1.87. The molecule has 0 radical (unpaired) electrons. The van der Waals surface area contributed by atoms with Gasteiger partial charge in [-0.15, -0.1) is 0 Å². The van der Waals surface area contributed by atoms with Crippen molar-refractivity contribution < 1.29 is 0 Å². The van der Waals surface area contributed by atoms with E-state index in [1.807, 2.05) is 0 Å². The van der Waals surface area contributed by atoms with E-state index < -0.39 is 0 Å². The standard InChI is InChI=1S/C13H23N/c1-3-5-6-7-8-11-14-12-9-10-13(14)4-2/h9-10,12H,3-8,11H2,1-2H3. The minimum Gasteiger partial charge on any atom is -0.351 e. The lowest BCUT2D eigenvalue weighted by Gasteiger charge is -2.07. The summed E-state index contributed by atoms with van der Waals surface area (Å²) in [5, 5.41) is 0. The summed E-state index contributed by atoms with van der Waals surface area (Å²) in [4.78, 5) is 0. The van der Waals surface area contributed by atoms with Gasteiger partial charge in [0.1, 0.15) is 0 Å². The largest absolute Gasteiger partial charge is 0.351 e. The molecule has 0 saturated carbocycles. The molecule has 1 heteroatoms. The van der Waals surface area contributed by atoms with Crippen molar-refractivity contribution in [2.45, 2.75) is 58.9 Å². The molecule has 0 aliphatic carbocycles. The smallest absolute Gasteiger partial charge is 0.0222 e. The van der Waals surface area contributed by atoms with Gasteiger partial charge < -0.3 is 4.57 Å². The molecule has 0 bridgehead atoms. The highest BCUT2D eigenvalue weighted by Gasteiger charge is 1.97. The Hall–Kier alpha value is -0.720. The van der Waals surface area contributed by atoms with E-state index in [2.05, 4.69) is 36.7 Å². The van der Waals surface area contributed by atoms with Gasteiger partial charge in [0.15, 0.2) is 0 Å². The van der Waals surface area contributed by atoms with Crippen molar-refractivity contribution in [1.29, 1.82) is 0 Å². The van der Waals surface area contributed by atoms with Gasteiger partial charge in [0.25, 0.3) is 0 Å². The Bertz CT molecular complexity index is 237. The van der Waals surface area contributed by atoms with Crippen LogP contribution in [0.1, 0.15) is 51.6 Å². The van der Waals surface area contributed by atoms with E-state index in [9.17, 15) is 0 Å². The molecular weight excluding hydrogens is 170 g/mol. The van der Waals surface area contributed by atoms with Crippen LogP contribution in [-0.4, -0.2) is 4.57 Å². The number of aryl methyl sites for hydroxylation is 2. The summed E-state index contributed by atoms with van der Waals surface area (Å²) in [5.74, 6) is 0. The van der Waals surface area contributed by atoms with Crippen LogP contribution in [0.2, 0.25) is 0 Å². The molecule has 80 valence electrons. The first kappa shape index (κ1) is 11.4. The molecule has 1 nitrogen and oxygen atoms in total. The first-order valence-corrected chi connectivity index (χ1v) is 6.02. The predicted octanol–water partition coefficient (Wildman–Crippen LogP) is 4.02. The van der Waals surface area contributed by atoms with Crippen LogP contribution in [0.4, 0.5) is 0 Å². The summed E-state index contributed by atoms with van der Waals surface area (Å²) >= 11 is 0. The van der Waals surface area contributed by atoms with Crippen molar-refractivity contribution in [2.75, 3.05) is 0 Å². The van der Waals surface area contributed by atoms with Crippen LogP contribution in [0.3, 0.4) is 0 Å². The molecule has 0 aromatic carbocycles. The number of aromatic nitrogens is 1. The van der Waals surface area contributed by atoms with Crippen molar-refractivity contribution in [1.82, 2.24) is 4.57 Å². The zero-order chi connectivity index (χ0) is 10.2. The van der Waals surface area contributed by atoms with Gasteiger partial charge in [-0.25, -0.2) is 0 Å². The van der Waals surface area contributed by atoms with Gasteiger partial charge in [0.2, 0.25) is 0 Å². The van der Waals surface area contributed by atoms with Gasteiger partial charge in [-0.2, -0.15) is 0 Å². The molecule has 1 rings (SSSR count). The van der Waals surface area contributed by atoms with Gasteiger partial charge >= 0.3 is 0 Å². The number of nitrogens with zero attached hydrogens (tertiary/aromatic N) is 1. The lowest BCUT2D eigenvalue weighted by atomic mass is 10.1. The molecule has 0 aliphatic rings. The van der Waals surface area contributed by atoms with Gasteiger partial charge in [-0.1, -0.05) is 39.5 Å². The second-order valence-corrected chi connectivity index (χ2v) is 3.96. The fraction of sp³-hybridized carbons (Fsp3) is 0.692. The minimum atomic E-state index is 1.15. The van der Waals surface area contributed by atoms with Crippen LogP contribution in [0.15, 0.2) is 18.3 Å². The Kier molecular flexibility index (Phi) is 5.43. The lowest BCUT2D eigenvalue weighted by Crippen LogP contribution is -2.00. The zero-order valence-electron chi connectivity index (χ0n) is 9.63. The van der Waals surface area contributed by atoms with E-state index in [0.29, 0.717) is 0 Å². The summed E-state index contributed by atoms with van der Waals surface area (Å²) in [5.41, 5.74) is 1.47. The maximum absolute atomic E-state index is 2.39. The van der Waals surface area contributed by atoms with Crippen LogP contribution in [0.5, 0.6) is 0 Å². The van der Waals surface area contributed by atoms with Crippen LogP contribution in [-0.2, 0) is 13.0 Å². The molecular formula is C13H23N. The van der Waals surface area contributed by atoms with Crippen LogP contribution in [0.25, 0.3) is 0 Å². The predicted molar refractivity (Wildman–Crippen MR) is 62.6 cm³/mol. The highest BCUT2D eigenvalue weighted by atomic mass is 15.0. The normalized spacial score (nSPS) is 10.7. The summed E-state index contributed by atoms with van der Waals surface area (Å²) < 4.78 is 2.39. The maximum atomic E-state index is 2.39. The Balaban J connectivity index is 2.17. The molecule has 0 spiro atoms. The topological polar surface area (TPSA) is 4.93 Å². The molecule has 1 heterocycles. The monoisotopic (exact) mass is 193 g/mol. The van der Waals surface area contributed by atoms with E-state index in [-0.39, 0.29) is 0 Å². The third-order valence-electron chi connectivity index (χ3n) is 2.79. The van der Waals surface area contributed by atoms with Crippen LogP contribution in [0, 0.1) is 0 Å². The van der Waals surface area contributed by atoms with Gasteiger partial charge in [0, 0.05) is 18.4 Å². The van der Waals surface area contributed by atoms with Gasteiger partial charge in [-0.3, -0.25) is 0 Å². The highest BCUT2D eigenvalue weighted by molar-refractivity contribution is 5.06. The van der Waals surface area contributed by atoms with E-state index in [4.69, 9.17) is 0 Å². The zero-order valence-corrected chi connectivity index (χ0v) is 9.63. The molecule has 0 fully saturated rings.